The summed E-state index contributed by atoms with van der Waals surface area (Å²) in [6, 6.07) is 1.91. The molecule has 0 radical (unpaired) electrons. The SMILES string of the molecule is Clc1cc(N(CC2CC2)CC2CC2)n2ncnc2n1. The van der Waals surface area contributed by atoms with Gasteiger partial charge in [0.25, 0.3) is 5.78 Å². The minimum Gasteiger partial charge on any atom is -0.356 e. The maximum atomic E-state index is 6.11. The fourth-order valence-corrected chi connectivity index (χ4v) is 2.65. The van der Waals surface area contributed by atoms with E-state index in [9.17, 15) is 0 Å². The van der Waals surface area contributed by atoms with Gasteiger partial charge in [0.15, 0.2) is 0 Å². The topological polar surface area (TPSA) is 46.3 Å². The molecule has 6 heteroatoms. The highest BCUT2D eigenvalue weighted by molar-refractivity contribution is 6.29. The van der Waals surface area contributed by atoms with Gasteiger partial charge >= 0.3 is 0 Å². The van der Waals surface area contributed by atoms with Crippen molar-refractivity contribution in [3.05, 3.63) is 17.5 Å². The summed E-state index contributed by atoms with van der Waals surface area (Å²) in [5.74, 6) is 3.29. The van der Waals surface area contributed by atoms with Crippen molar-refractivity contribution in [2.24, 2.45) is 11.8 Å². The van der Waals surface area contributed by atoms with Crippen LogP contribution in [0.5, 0.6) is 0 Å². The van der Waals surface area contributed by atoms with Crippen molar-refractivity contribution in [1.29, 1.82) is 0 Å². The molecule has 0 aliphatic heterocycles. The van der Waals surface area contributed by atoms with Crippen LogP contribution in [0.1, 0.15) is 25.7 Å². The smallest absolute Gasteiger partial charge is 0.255 e. The summed E-state index contributed by atoms with van der Waals surface area (Å²) in [6.45, 7) is 2.21. The minimum absolute atomic E-state index is 0.493. The van der Waals surface area contributed by atoms with Gasteiger partial charge in [0.1, 0.15) is 17.3 Å². The van der Waals surface area contributed by atoms with Crippen molar-refractivity contribution in [1.82, 2.24) is 19.6 Å². The van der Waals surface area contributed by atoms with Crippen LogP contribution in [0.3, 0.4) is 0 Å². The van der Waals surface area contributed by atoms with E-state index < -0.39 is 0 Å². The molecule has 0 unspecified atom stereocenters. The van der Waals surface area contributed by atoms with E-state index in [1.165, 1.54) is 32.0 Å². The Bertz CT molecular complexity index is 588. The normalized spacial score (nSPS) is 19.0. The lowest BCUT2D eigenvalue weighted by atomic mass is 10.3. The quantitative estimate of drug-likeness (QED) is 0.788. The lowest BCUT2D eigenvalue weighted by Gasteiger charge is -2.25. The predicted octanol–water partition coefficient (Wildman–Crippen LogP) is 2.40. The number of aromatic nitrogens is 4. The number of hydrogen-bond acceptors (Lipinski definition) is 4. The van der Waals surface area contributed by atoms with Crippen LogP contribution in [0.25, 0.3) is 5.78 Å². The van der Waals surface area contributed by atoms with Gasteiger partial charge in [-0.2, -0.15) is 19.6 Å². The predicted molar refractivity (Wildman–Crippen MR) is 73.5 cm³/mol. The fraction of sp³-hybridized carbons (Fsp3) is 0.615. The van der Waals surface area contributed by atoms with Gasteiger partial charge in [-0.15, -0.1) is 0 Å². The van der Waals surface area contributed by atoms with Gasteiger partial charge < -0.3 is 4.90 Å². The third-order valence-electron chi connectivity index (χ3n) is 3.88. The molecular weight excluding hydrogens is 262 g/mol. The largest absolute Gasteiger partial charge is 0.356 e. The van der Waals surface area contributed by atoms with Gasteiger partial charge in [-0.05, 0) is 37.5 Å². The van der Waals surface area contributed by atoms with Crippen molar-refractivity contribution in [2.45, 2.75) is 25.7 Å². The van der Waals surface area contributed by atoms with Crippen LogP contribution in [0.4, 0.5) is 5.82 Å². The Kier molecular flexibility index (Phi) is 2.62. The highest BCUT2D eigenvalue weighted by Gasteiger charge is 2.30. The standard InChI is InChI=1S/C13H16ClN5/c14-11-5-12(19-13(17-11)15-8-16-19)18(6-9-1-2-9)7-10-3-4-10/h5,8-10H,1-4,6-7H2. The molecule has 0 bridgehead atoms. The zero-order chi connectivity index (χ0) is 12.8. The maximum Gasteiger partial charge on any atom is 0.255 e. The molecule has 0 N–H and O–H groups in total. The number of hydrogen-bond donors (Lipinski definition) is 0. The van der Waals surface area contributed by atoms with Crippen LogP contribution in [0.15, 0.2) is 12.4 Å². The van der Waals surface area contributed by atoms with Crippen LogP contribution in [-0.4, -0.2) is 32.7 Å². The first-order valence-electron chi connectivity index (χ1n) is 6.91. The lowest BCUT2D eigenvalue weighted by molar-refractivity contribution is 0.660. The van der Waals surface area contributed by atoms with Crippen molar-refractivity contribution in [3.63, 3.8) is 0 Å². The van der Waals surface area contributed by atoms with E-state index >= 15 is 0 Å². The van der Waals surface area contributed by atoms with Crippen molar-refractivity contribution < 1.29 is 0 Å². The minimum atomic E-state index is 0.493. The van der Waals surface area contributed by atoms with Gasteiger partial charge in [-0.25, -0.2) is 0 Å². The summed E-state index contributed by atoms with van der Waals surface area (Å²) >= 11 is 6.11. The monoisotopic (exact) mass is 277 g/mol. The zero-order valence-corrected chi connectivity index (χ0v) is 11.4. The third kappa shape index (κ3) is 2.39. The van der Waals surface area contributed by atoms with Crippen LogP contribution >= 0.6 is 11.6 Å². The molecule has 2 heterocycles. The molecule has 0 spiro atoms. The summed E-state index contributed by atoms with van der Waals surface area (Å²) in [6.07, 6.45) is 6.93. The Morgan fingerprint density at radius 2 is 1.89 bits per heavy atom. The summed E-state index contributed by atoms with van der Waals surface area (Å²) in [7, 11) is 0. The molecule has 2 aliphatic carbocycles. The second-order valence-corrected chi connectivity index (χ2v) is 6.09. The second-order valence-electron chi connectivity index (χ2n) is 5.70. The molecule has 0 saturated heterocycles. The molecule has 4 rings (SSSR count). The van der Waals surface area contributed by atoms with E-state index in [4.69, 9.17) is 11.6 Å². The first-order valence-corrected chi connectivity index (χ1v) is 7.28. The third-order valence-corrected chi connectivity index (χ3v) is 4.07. The number of halogens is 1. The van der Waals surface area contributed by atoms with Crippen LogP contribution in [0, 0.1) is 11.8 Å². The second kappa shape index (κ2) is 4.34. The average Bonchev–Trinajstić information content (AvgIpc) is 3.30. The van der Waals surface area contributed by atoms with Gasteiger partial charge in [0, 0.05) is 19.2 Å². The van der Waals surface area contributed by atoms with E-state index in [0.717, 1.165) is 30.7 Å². The molecule has 0 atom stereocenters. The van der Waals surface area contributed by atoms with E-state index in [1.807, 2.05) is 6.07 Å². The Labute approximate surface area is 116 Å². The van der Waals surface area contributed by atoms with Gasteiger partial charge in [0.2, 0.25) is 0 Å². The first kappa shape index (κ1) is 11.5. The molecule has 0 aromatic carbocycles. The Morgan fingerprint density at radius 3 is 2.53 bits per heavy atom. The van der Waals surface area contributed by atoms with E-state index in [1.54, 1.807) is 4.52 Å². The molecule has 100 valence electrons. The van der Waals surface area contributed by atoms with Gasteiger partial charge in [-0.1, -0.05) is 11.6 Å². The molecule has 2 aliphatic rings. The van der Waals surface area contributed by atoms with E-state index in [-0.39, 0.29) is 0 Å². The highest BCUT2D eigenvalue weighted by atomic mass is 35.5. The van der Waals surface area contributed by atoms with Crippen LogP contribution in [-0.2, 0) is 0 Å². The molecule has 5 nitrogen and oxygen atoms in total. The van der Waals surface area contributed by atoms with E-state index in [0.29, 0.717) is 10.9 Å². The molecule has 2 aromatic rings. The van der Waals surface area contributed by atoms with E-state index in [2.05, 4.69) is 20.0 Å². The zero-order valence-electron chi connectivity index (χ0n) is 10.7. The average molecular weight is 278 g/mol. The number of fused-ring (bicyclic) bond motifs is 1. The highest BCUT2D eigenvalue weighted by Crippen LogP contribution is 2.36. The summed E-state index contributed by atoms with van der Waals surface area (Å²) in [5, 5.41) is 4.77. The van der Waals surface area contributed by atoms with Crippen LogP contribution in [0.2, 0.25) is 5.15 Å². The van der Waals surface area contributed by atoms with Crippen molar-refractivity contribution in [2.75, 3.05) is 18.0 Å². The Morgan fingerprint density at radius 1 is 1.21 bits per heavy atom. The molecule has 19 heavy (non-hydrogen) atoms. The summed E-state index contributed by atoms with van der Waals surface area (Å²) in [4.78, 5) is 10.8. The number of nitrogens with zero attached hydrogens (tertiary/aromatic N) is 5. The Balaban J connectivity index is 1.72. The van der Waals surface area contributed by atoms with Crippen molar-refractivity contribution >= 4 is 23.2 Å². The molecule has 2 aromatic heterocycles. The number of rotatable bonds is 5. The maximum absolute atomic E-state index is 6.11. The summed E-state index contributed by atoms with van der Waals surface area (Å²) < 4.78 is 1.80. The molecule has 0 amide bonds. The van der Waals surface area contributed by atoms with Crippen LogP contribution < -0.4 is 4.90 Å². The Hall–Kier alpha value is -1.36. The van der Waals surface area contributed by atoms with Gasteiger partial charge in [-0.3, -0.25) is 0 Å². The lowest BCUT2D eigenvalue weighted by Crippen LogP contribution is -2.30. The molecular formula is C13H16ClN5. The van der Waals surface area contributed by atoms with Gasteiger partial charge in [0.05, 0.1) is 0 Å². The molecule has 2 saturated carbocycles. The first-order chi connectivity index (χ1) is 9.29. The fourth-order valence-electron chi connectivity index (χ4n) is 2.48. The number of anilines is 1. The summed E-state index contributed by atoms with van der Waals surface area (Å²) in [5.41, 5.74) is 0. The van der Waals surface area contributed by atoms with Crippen molar-refractivity contribution in [3.8, 4) is 0 Å². The molecule has 2 fully saturated rings.